The molecule has 1 saturated carbocycles. The molecule has 0 unspecified atom stereocenters. The van der Waals surface area contributed by atoms with E-state index in [-0.39, 0.29) is 24.9 Å². The van der Waals surface area contributed by atoms with E-state index in [1.807, 2.05) is 30.3 Å². The first kappa shape index (κ1) is 20.6. The molecule has 2 rings (SSSR count). The van der Waals surface area contributed by atoms with E-state index in [2.05, 4.69) is 10.5 Å². The number of hydrazone groups is 1. The van der Waals surface area contributed by atoms with Gasteiger partial charge in [-0.1, -0.05) is 30.3 Å². The Morgan fingerprint density at radius 1 is 1.41 bits per heavy atom. The molecule has 7 heteroatoms. The summed E-state index contributed by atoms with van der Waals surface area (Å²) in [6, 6.07) is 11.2. The molecule has 7 nitrogen and oxygen atoms in total. The molecular formula is C20H25N3O4. The number of nitriles is 1. The van der Waals surface area contributed by atoms with Crippen LogP contribution in [0.15, 0.2) is 35.4 Å². The fraction of sp³-hybridized carbons (Fsp3) is 0.500. The summed E-state index contributed by atoms with van der Waals surface area (Å²) < 4.78 is 5.43. The van der Waals surface area contributed by atoms with Crippen molar-refractivity contribution in [3.63, 3.8) is 0 Å². The van der Waals surface area contributed by atoms with Gasteiger partial charge in [-0.25, -0.2) is 5.43 Å². The highest BCUT2D eigenvalue weighted by Gasteiger charge is 2.46. The average Bonchev–Trinajstić information content (AvgIpc) is 2.59. The minimum atomic E-state index is -1.09. The summed E-state index contributed by atoms with van der Waals surface area (Å²) >= 11 is 0. The summed E-state index contributed by atoms with van der Waals surface area (Å²) in [5.74, 6) is -2.07. The maximum absolute atomic E-state index is 12.8. The van der Waals surface area contributed by atoms with Gasteiger partial charge < -0.3 is 9.84 Å². The Balaban J connectivity index is 2.43. The molecule has 1 aromatic rings. The Morgan fingerprint density at radius 3 is 2.67 bits per heavy atom. The maximum atomic E-state index is 12.8. The van der Waals surface area contributed by atoms with Crippen molar-refractivity contribution in [2.75, 3.05) is 0 Å². The molecular weight excluding hydrogens is 346 g/mol. The standard InChI is InChI=1S/C20H25N3O4/c1-13(2)27-19(25)18-15(14-7-5-4-6-8-14)11-20(3,26)12-16(18)22-23-17(24)9-10-21/h4-8,13,15,18,26H,9,11-12H2,1-3H3,(H,23,24)/b22-16-/t15-,18-,20-/m1/s1. The number of ether oxygens (including phenoxy) is 1. The molecule has 144 valence electrons. The van der Waals surface area contributed by atoms with Crippen LogP contribution in [0.3, 0.4) is 0 Å². The molecule has 1 amide bonds. The van der Waals surface area contributed by atoms with Crippen molar-refractivity contribution in [3.05, 3.63) is 35.9 Å². The van der Waals surface area contributed by atoms with Crippen LogP contribution in [0.25, 0.3) is 0 Å². The molecule has 1 fully saturated rings. The molecule has 1 aromatic carbocycles. The van der Waals surface area contributed by atoms with Crippen LogP contribution in [0.4, 0.5) is 0 Å². The largest absolute Gasteiger partial charge is 0.462 e. The third kappa shape index (κ3) is 5.63. The van der Waals surface area contributed by atoms with E-state index in [9.17, 15) is 14.7 Å². The number of carbonyl (C=O) groups is 2. The zero-order valence-electron chi connectivity index (χ0n) is 15.8. The van der Waals surface area contributed by atoms with Gasteiger partial charge in [-0.15, -0.1) is 0 Å². The Bertz CT molecular complexity index is 750. The molecule has 27 heavy (non-hydrogen) atoms. The summed E-state index contributed by atoms with van der Waals surface area (Å²) in [6.45, 7) is 5.21. The number of hydrogen-bond donors (Lipinski definition) is 2. The second-order valence-electron chi connectivity index (χ2n) is 7.33. The summed E-state index contributed by atoms with van der Waals surface area (Å²) in [5.41, 5.74) is 2.45. The van der Waals surface area contributed by atoms with Gasteiger partial charge >= 0.3 is 5.97 Å². The monoisotopic (exact) mass is 371 g/mol. The van der Waals surface area contributed by atoms with E-state index in [1.165, 1.54) is 0 Å². The Morgan fingerprint density at radius 2 is 2.07 bits per heavy atom. The molecule has 0 aliphatic heterocycles. The molecule has 0 spiro atoms. The summed E-state index contributed by atoms with van der Waals surface area (Å²) in [7, 11) is 0. The minimum Gasteiger partial charge on any atom is -0.462 e. The number of rotatable bonds is 5. The van der Waals surface area contributed by atoms with Gasteiger partial charge in [0.25, 0.3) is 5.91 Å². The minimum absolute atomic E-state index is 0.126. The second-order valence-corrected chi connectivity index (χ2v) is 7.33. The van der Waals surface area contributed by atoms with E-state index in [4.69, 9.17) is 10.00 Å². The van der Waals surface area contributed by atoms with Gasteiger partial charge in [0.2, 0.25) is 0 Å². The van der Waals surface area contributed by atoms with Crippen LogP contribution in [0.1, 0.15) is 51.5 Å². The van der Waals surface area contributed by atoms with Crippen molar-refractivity contribution in [2.45, 2.75) is 57.7 Å². The molecule has 0 radical (unpaired) electrons. The van der Waals surface area contributed by atoms with Crippen LogP contribution in [0, 0.1) is 17.2 Å². The summed E-state index contributed by atoms with van der Waals surface area (Å²) in [5, 5.41) is 23.4. The van der Waals surface area contributed by atoms with Crippen LogP contribution in [-0.4, -0.2) is 34.4 Å². The van der Waals surface area contributed by atoms with Crippen molar-refractivity contribution in [1.82, 2.24) is 5.43 Å². The molecule has 0 aromatic heterocycles. The van der Waals surface area contributed by atoms with Crippen LogP contribution >= 0.6 is 0 Å². The number of esters is 1. The number of hydrogen-bond acceptors (Lipinski definition) is 6. The number of amides is 1. The lowest BCUT2D eigenvalue weighted by atomic mass is 9.68. The van der Waals surface area contributed by atoms with Gasteiger partial charge in [-0.05, 0) is 32.8 Å². The van der Waals surface area contributed by atoms with E-state index in [0.717, 1.165) is 5.56 Å². The number of aliphatic hydroxyl groups is 1. The zero-order chi connectivity index (χ0) is 20.0. The van der Waals surface area contributed by atoms with Crippen LogP contribution in [0.2, 0.25) is 0 Å². The third-order valence-electron chi connectivity index (χ3n) is 4.38. The quantitative estimate of drug-likeness (QED) is 0.609. The molecule has 1 aliphatic carbocycles. The van der Waals surface area contributed by atoms with Crippen LogP contribution < -0.4 is 5.43 Å². The highest BCUT2D eigenvalue weighted by molar-refractivity contribution is 6.04. The maximum Gasteiger partial charge on any atom is 0.315 e. The Hall–Kier alpha value is -2.72. The van der Waals surface area contributed by atoms with Crippen molar-refractivity contribution in [1.29, 1.82) is 5.26 Å². The van der Waals surface area contributed by atoms with Gasteiger partial charge in [0.1, 0.15) is 12.3 Å². The number of carbonyl (C=O) groups excluding carboxylic acids is 2. The SMILES string of the molecule is CC(C)OC(=O)[C@H]1/C(=N\NC(=O)CC#N)C[C@](C)(O)C[C@@H]1c1ccccc1. The molecule has 1 aliphatic rings. The summed E-state index contributed by atoms with van der Waals surface area (Å²) in [6.07, 6.45) is -0.150. The smallest absolute Gasteiger partial charge is 0.315 e. The Kier molecular flexibility index (Phi) is 6.70. The van der Waals surface area contributed by atoms with Crippen molar-refractivity contribution in [2.24, 2.45) is 11.0 Å². The first-order valence-electron chi connectivity index (χ1n) is 8.93. The van der Waals surface area contributed by atoms with E-state index < -0.39 is 23.4 Å². The number of benzene rings is 1. The third-order valence-corrected chi connectivity index (χ3v) is 4.38. The lowest BCUT2D eigenvalue weighted by Crippen LogP contribution is -2.46. The highest BCUT2D eigenvalue weighted by atomic mass is 16.5. The van der Waals surface area contributed by atoms with Gasteiger partial charge in [0.05, 0.1) is 23.5 Å². The lowest BCUT2D eigenvalue weighted by Gasteiger charge is -2.39. The lowest BCUT2D eigenvalue weighted by molar-refractivity contribution is -0.151. The normalized spacial score (nSPS) is 26.4. The molecule has 0 saturated heterocycles. The van der Waals surface area contributed by atoms with E-state index in [0.29, 0.717) is 12.1 Å². The zero-order valence-corrected chi connectivity index (χ0v) is 15.8. The van der Waals surface area contributed by atoms with E-state index >= 15 is 0 Å². The predicted molar refractivity (Wildman–Crippen MR) is 99.6 cm³/mol. The van der Waals surface area contributed by atoms with Gasteiger partial charge in [-0.3, -0.25) is 9.59 Å². The molecule has 2 N–H and O–H groups in total. The fourth-order valence-corrected chi connectivity index (χ4v) is 3.37. The molecule has 0 bridgehead atoms. The number of nitrogens with one attached hydrogen (secondary N) is 1. The Labute approximate surface area is 159 Å². The number of nitrogens with zero attached hydrogens (tertiary/aromatic N) is 2. The topological polar surface area (TPSA) is 112 Å². The van der Waals surface area contributed by atoms with Gasteiger partial charge in [0, 0.05) is 12.3 Å². The fourth-order valence-electron chi connectivity index (χ4n) is 3.37. The van der Waals surface area contributed by atoms with Gasteiger partial charge in [0.15, 0.2) is 0 Å². The van der Waals surface area contributed by atoms with Crippen molar-refractivity contribution < 1.29 is 19.4 Å². The second kappa shape index (κ2) is 8.78. The van der Waals surface area contributed by atoms with E-state index in [1.54, 1.807) is 26.8 Å². The predicted octanol–water partition coefficient (Wildman–Crippen LogP) is 2.27. The van der Waals surface area contributed by atoms with Crippen LogP contribution in [-0.2, 0) is 14.3 Å². The van der Waals surface area contributed by atoms with Crippen molar-refractivity contribution in [3.8, 4) is 6.07 Å². The van der Waals surface area contributed by atoms with Gasteiger partial charge in [-0.2, -0.15) is 10.4 Å². The first-order chi connectivity index (χ1) is 12.7. The summed E-state index contributed by atoms with van der Waals surface area (Å²) in [4.78, 5) is 24.5. The average molecular weight is 371 g/mol. The van der Waals surface area contributed by atoms with Crippen LogP contribution in [0.5, 0.6) is 0 Å². The molecule has 0 heterocycles. The van der Waals surface area contributed by atoms with Crippen molar-refractivity contribution >= 4 is 17.6 Å². The molecule has 3 atom stereocenters. The highest BCUT2D eigenvalue weighted by Crippen LogP contribution is 2.41. The first-order valence-corrected chi connectivity index (χ1v) is 8.93.